The predicted molar refractivity (Wildman–Crippen MR) is 126 cm³/mol. The van der Waals surface area contributed by atoms with Crippen molar-refractivity contribution in [2.75, 3.05) is 11.9 Å². The van der Waals surface area contributed by atoms with Gasteiger partial charge in [0, 0.05) is 23.3 Å². The number of pyridine rings is 1. The van der Waals surface area contributed by atoms with Crippen LogP contribution < -0.4 is 10.6 Å². The number of carbonyl (C=O) groups excluding carboxylic acids is 1. The Labute approximate surface area is 194 Å². The summed E-state index contributed by atoms with van der Waals surface area (Å²) in [6.45, 7) is 1.49. The number of hydrogen-bond donors (Lipinski definition) is 5. The fraction of sp³-hybridized carbons (Fsp3) is 0.217. The summed E-state index contributed by atoms with van der Waals surface area (Å²) in [6, 6.07) is 7.35. The lowest BCUT2D eigenvalue weighted by atomic mass is 10.1. The topological polar surface area (TPSA) is 136 Å². The second-order valence-electron chi connectivity index (χ2n) is 7.67. The minimum absolute atomic E-state index is 0.163. The van der Waals surface area contributed by atoms with Gasteiger partial charge in [0.25, 0.3) is 0 Å². The van der Waals surface area contributed by atoms with Crippen molar-refractivity contribution in [2.24, 2.45) is 0 Å². The molecule has 5 N–H and O–H groups in total. The van der Waals surface area contributed by atoms with Gasteiger partial charge < -0.3 is 25.8 Å². The molecule has 3 heterocycles. The third-order valence-corrected chi connectivity index (χ3v) is 5.36. The molecule has 0 aliphatic rings. The van der Waals surface area contributed by atoms with Crippen molar-refractivity contribution in [1.82, 2.24) is 25.3 Å². The molecule has 33 heavy (non-hydrogen) atoms. The number of aliphatic hydroxyl groups excluding tert-OH is 1. The Bertz CT molecular complexity index is 1260. The number of carbonyl (C=O) groups is 1. The summed E-state index contributed by atoms with van der Waals surface area (Å²) in [5.41, 5.74) is 2.97. The van der Waals surface area contributed by atoms with Gasteiger partial charge in [-0.15, -0.1) is 0 Å². The average molecular weight is 467 g/mol. The predicted octanol–water partition coefficient (Wildman–Crippen LogP) is 2.90. The molecular formula is C23H23ClN6O3. The van der Waals surface area contributed by atoms with Crippen molar-refractivity contribution < 1.29 is 15.0 Å². The Morgan fingerprint density at radius 1 is 1.21 bits per heavy atom. The third-order valence-electron chi connectivity index (χ3n) is 5.15. The highest BCUT2D eigenvalue weighted by atomic mass is 35.5. The average Bonchev–Trinajstić information content (AvgIpc) is 3.23. The van der Waals surface area contributed by atoms with E-state index in [0.717, 1.165) is 16.5 Å². The van der Waals surface area contributed by atoms with E-state index in [2.05, 4.69) is 30.6 Å². The number of phenolic OH excluding ortho intramolecular Hbond substituents is 1. The summed E-state index contributed by atoms with van der Waals surface area (Å²) in [6.07, 6.45) is 6.94. The maximum absolute atomic E-state index is 12.7. The van der Waals surface area contributed by atoms with Crippen LogP contribution >= 0.6 is 11.6 Å². The first kappa shape index (κ1) is 22.5. The van der Waals surface area contributed by atoms with Crippen molar-refractivity contribution >= 4 is 34.4 Å². The second kappa shape index (κ2) is 9.85. The SMILES string of the molecule is C[C@@H](Nc1cncc(-c2c[nH]c3ncc(Cl)cc23)n1)C(=O)N[C@H](CO)Cc1ccc(O)cc1. The Kier molecular flexibility index (Phi) is 6.71. The number of benzene rings is 1. The van der Waals surface area contributed by atoms with Gasteiger partial charge in [0.2, 0.25) is 5.91 Å². The van der Waals surface area contributed by atoms with Crippen molar-refractivity contribution in [3.63, 3.8) is 0 Å². The molecule has 0 aliphatic carbocycles. The highest BCUT2D eigenvalue weighted by Crippen LogP contribution is 2.28. The van der Waals surface area contributed by atoms with Crippen LogP contribution in [0.15, 0.2) is 55.1 Å². The first-order valence-electron chi connectivity index (χ1n) is 10.3. The molecule has 0 bridgehead atoms. The third kappa shape index (κ3) is 5.39. The van der Waals surface area contributed by atoms with Gasteiger partial charge in [0.05, 0.1) is 35.8 Å². The van der Waals surface area contributed by atoms with Crippen LogP contribution in [0, 0.1) is 0 Å². The Hall–Kier alpha value is -3.69. The zero-order valence-electron chi connectivity index (χ0n) is 17.8. The van der Waals surface area contributed by atoms with Crippen LogP contribution in [0.1, 0.15) is 12.5 Å². The molecule has 0 aliphatic heterocycles. The summed E-state index contributed by atoms with van der Waals surface area (Å²) < 4.78 is 0. The molecule has 170 valence electrons. The highest BCUT2D eigenvalue weighted by Gasteiger charge is 2.19. The van der Waals surface area contributed by atoms with E-state index in [9.17, 15) is 15.0 Å². The summed E-state index contributed by atoms with van der Waals surface area (Å²) in [7, 11) is 0. The van der Waals surface area contributed by atoms with E-state index in [1.807, 2.05) is 0 Å². The molecule has 10 heteroatoms. The van der Waals surface area contributed by atoms with Crippen molar-refractivity contribution in [2.45, 2.75) is 25.4 Å². The Morgan fingerprint density at radius 3 is 2.76 bits per heavy atom. The molecule has 0 saturated carbocycles. The molecule has 9 nitrogen and oxygen atoms in total. The standard InChI is InChI=1S/C23H23ClN6O3/c1-13(23(33)29-16(12-31)6-14-2-4-17(32)5-3-14)28-21-11-25-10-20(30-21)19-9-27-22-18(19)7-15(24)8-26-22/h2-5,7-11,13,16,31-32H,6,12H2,1H3,(H,26,27)(H,28,30)(H,29,33)/t13-,16+/m1/s1. The van der Waals surface area contributed by atoms with Crippen LogP contribution in [0.3, 0.4) is 0 Å². The Balaban J connectivity index is 1.43. The summed E-state index contributed by atoms with van der Waals surface area (Å²) in [5, 5.41) is 26.3. The van der Waals surface area contributed by atoms with Crippen molar-refractivity contribution in [3.8, 4) is 17.0 Å². The van der Waals surface area contributed by atoms with Gasteiger partial charge in [-0.25, -0.2) is 9.97 Å². The number of aromatic hydroxyl groups is 1. The minimum atomic E-state index is -0.623. The van der Waals surface area contributed by atoms with Gasteiger partial charge in [0.15, 0.2) is 0 Å². The maximum atomic E-state index is 12.7. The summed E-state index contributed by atoms with van der Waals surface area (Å²) in [4.78, 5) is 28.8. The molecule has 2 atom stereocenters. The number of amides is 1. The van der Waals surface area contributed by atoms with Gasteiger partial charge in [-0.05, 0) is 37.1 Å². The van der Waals surface area contributed by atoms with E-state index in [4.69, 9.17) is 11.6 Å². The van der Waals surface area contributed by atoms with Gasteiger partial charge in [-0.2, -0.15) is 0 Å². The van der Waals surface area contributed by atoms with E-state index in [0.29, 0.717) is 28.6 Å². The molecule has 0 fully saturated rings. The highest BCUT2D eigenvalue weighted by molar-refractivity contribution is 6.31. The van der Waals surface area contributed by atoms with E-state index in [1.165, 1.54) is 6.20 Å². The number of nitrogens with one attached hydrogen (secondary N) is 3. The van der Waals surface area contributed by atoms with Crippen LogP contribution in [0.5, 0.6) is 5.75 Å². The number of halogens is 1. The number of rotatable bonds is 8. The molecule has 4 rings (SSSR count). The number of H-pyrrole nitrogens is 1. The largest absolute Gasteiger partial charge is 0.508 e. The van der Waals surface area contributed by atoms with Crippen LogP contribution in [-0.4, -0.2) is 54.7 Å². The van der Waals surface area contributed by atoms with E-state index >= 15 is 0 Å². The van der Waals surface area contributed by atoms with Gasteiger partial charge in [-0.1, -0.05) is 23.7 Å². The van der Waals surface area contributed by atoms with Crippen molar-refractivity contribution in [3.05, 3.63) is 65.7 Å². The lowest BCUT2D eigenvalue weighted by molar-refractivity contribution is -0.122. The Morgan fingerprint density at radius 2 is 2.00 bits per heavy atom. The van der Waals surface area contributed by atoms with Gasteiger partial charge in [-0.3, -0.25) is 9.78 Å². The number of aromatic amines is 1. The second-order valence-corrected chi connectivity index (χ2v) is 8.10. The zero-order chi connectivity index (χ0) is 23.4. The molecule has 0 saturated heterocycles. The fourth-order valence-corrected chi connectivity index (χ4v) is 3.60. The number of anilines is 1. The van der Waals surface area contributed by atoms with Gasteiger partial charge in [0.1, 0.15) is 23.3 Å². The number of aromatic nitrogens is 4. The normalized spacial score (nSPS) is 12.9. The maximum Gasteiger partial charge on any atom is 0.242 e. The molecule has 0 radical (unpaired) electrons. The first-order chi connectivity index (χ1) is 15.9. The van der Waals surface area contributed by atoms with Crippen LogP contribution in [0.25, 0.3) is 22.3 Å². The van der Waals surface area contributed by atoms with Crippen LogP contribution in [-0.2, 0) is 11.2 Å². The first-order valence-corrected chi connectivity index (χ1v) is 10.7. The van der Waals surface area contributed by atoms with Crippen LogP contribution in [0.4, 0.5) is 5.82 Å². The quantitative estimate of drug-likeness (QED) is 0.269. The van der Waals surface area contributed by atoms with E-state index in [1.54, 1.807) is 55.8 Å². The number of nitrogens with zero attached hydrogens (tertiary/aromatic N) is 3. The minimum Gasteiger partial charge on any atom is -0.508 e. The summed E-state index contributed by atoms with van der Waals surface area (Å²) >= 11 is 6.08. The molecule has 3 aromatic heterocycles. The molecular weight excluding hydrogens is 444 g/mol. The van der Waals surface area contributed by atoms with Crippen LogP contribution in [0.2, 0.25) is 5.02 Å². The molecule has 1 aromatic carbocycles. The molecule has 4 aromatic rings. The molecule has 1 amide bonds. The number of phenols is 1. The molecule has 0 unspecified atom stereocenters. The number of hydrogen-bond acceptors (Lipinski definition) is 7. The van der Waals surface area contributed by atoms with Crippen molar-refractivity contribution in [1.29, 1.82) is 0 Å². The lowest BCUT2D eigenvalue weighted by Crippen LogP contribution is -2.45. The monoisotopic (exact) mass is 466 g/mol. The van der Waals surface area contributed by atoms with E-state index in [-0.39, 0.29) is 18.3 Å². The number of aliphatic hydroxyl groups is 1. The molecule has 0 spiro atoms. The lowest BCUT2D eigenvalue weighted by Gasteiger charge is -2.20. The number of fused-ring (bicyclic) bond motifs is 1. The zero-order valence-corrected chi connectivity index (χ0v) is 18.5. The fourth-order valence-electron chi connectivity index (χ4n) is 3.45. The van der Waals surface area contributed by atoms with E-state index < -0.39 is 12.1 Å². The van der Waals surface area contributed by atoms with Gasteiger partial charge >= 0.3 is 0 Å². The smallest absolute Gasteiger partial charge is 0.242 e. The summed E-state index contributed by atoms with van der Waals surface area (Å²) in [5.74, 6) is 0.304.